The maximum absolute atomic E-state index is 11.4. The van der Waals surface area contributed by atoms with Crippen LogP contribution >= 0.6 is 0 Å². The summed E-state index contributed by atoms with van der Waals surface area (Å²) in [5, 5.41) is 0. The van der Waals surface area contributed by atoms with E-state index in [-0.39, 0.29) is 11.3 Å². The number of hydrogen-bond acceptors (Lipinski definition) is 4. The topological polar surface area (TPSA) is 59.9 Å². The highest BCUT2D eigenvalue weighted by atomic mass is 16.1. The Bertz CT molecular complexity index is 372. The first kappa shape index (κ1) is 9.25. The van der Waals surface area contributed by atoms with Gasteiger partial charge >= 0.3 is 0 Å². The summed E-state index contributed by atoms with van der Waals surface area (Å²) in [6, 6.07) is 0. The molecular formula is C9H8N2O2. The van der Waals surface area contributed by atoms with Crippen molar-refractivity contribution < 1.29 is 9.59 Å². The molecule has 0 radical (unpaired) electrons. The summed E-state index contributed by atoms with van der Waals surface area (Å²) in [6.07, 6.45) is 3.30. The van der Waals surface area contributed by atoms with E-state index in [2.05, 4.69) is 16.5 Å². The highest BCUT2D eigenvalue weighted by Crippen LogP contribution is 2.04. The van der Waals surface area contributed by atoms with Crippen molar-refractivity contribution in [2.24, 2.45) is 0 Å². The van der Waals surface area contributed by atoms with E-state index in [1.165, 1.54) is 12.4 Å². The largest absolute Gasteiger partial charge is 0.298 e. The molecule has 4 heteroatoms. The van der Waals surface area contributed by atoms with E-state index in [9.17, 15) is 9.59 Å². The number of aryl methyl sites for hydroxylation is 1. The van der Waals surface area contributed by atoms with E-state index in [0.717, 1.165) is 0 Å². The summed E-state index contributed by atoms with van der Waals surface area (Å²) in [6.45, 7) is 4.96. The first-order valence-electron chi connectivity index (χ1n) is 3.63. The van der Waals surface area contributed by atoms with Crippen LogP contribution in [0.2, 0.25) is 0 Å². The van der Waals surface area contributed by atoms with Gasteiger partial charge < -0.3 is 0 Å². The number of hydrogen-bond donors (Lipinski definition) is 0. The Hall–Kier alpha value is -1.84. The van der Waals surface area contributed by atoms with Gasteiger partial charge in [0.1, 0.15) is 5.69 Å². The number of rotatable bonds is 3. The van der Waals surface area contributed by atoms with Crippen molar-refractivity contribution in [1.82, 2.24) is 9.97 Å². The molecule has 1 heterocycles. The minimum atomic E-state index is -0.472. The lowest BCUT2D eigenvalue weighted by atomic mass is 10.1. The molecule has 1 aromatic heterocycles. The van der Waals surface area contributed by atoms with Gasteiger partial charge in [0.15, 0.2) is 6.29 Å². The van der Waals surface area contributed by atoms with Crippen LogP contribution < -0.4 is 0 Å². The van der Waals surface area contributed by atoms with Crippen molar-refractivity contribution in [3.05, 3.63) is 35.9 Å². The molecule has 0 amide bonds. The SMILES string of the molecule is C=C(C=O)C(=O)c1nccnc1C. The van der Waals surface area contributed by atoms with Crippen LogP contribution in [0.15, 0.2) is 24.5 Å². The van der Waals surface area contributed by atoms with Crippen molar-refractivity contribution in [3.8, 4) is 0 Å². The fourth-order valence-corrected chi connectivity index (χ4v) is 0.836. The van der Waals surface area contributed by atoms with Crippen LogP contribution in [0.5, 0.6) is 0 Å². The van der Waals surface area contributed by atoms with Crippen molar-refractivity contribution in [2.75, 3.05) is 0 Å². The molecule has 0 saturated heterocycles. The third-order valence-corrected chi connectivity index (χ3v) is 1.53. The van der Waals surface area contributed by atoms with Crippen LogP contribution in [-0.4, -0.2) is 22.0 Å². The second-order valence-electron chi connectivity index (χ2n) is 2.46. The molecule has 13 heavy (non-hydrogen) atoms. The number of aromatic nitrogens is 2. The van der Waals surface area contributed by atoms with Crippen LogP contribution in [0.1, 0.15) is 16.2 Å². The minimum Gasteiger partial charge on any atom is -0.298 e. The maximum Gasteiger partial charge on any atom is 0.215 e. The van der Waals surface area contributed by atoms with Gasteiger partial charge in [0, 0.05) is 12.4 Å². The number of Topliss-reactive ketones (excluding diaryl/α,β-unsaturated/α-hetero) is 1. The van der Waals surface area contributed by atoms with Crippen LogP contribution in [0.3, 0.4) is 0 Å². The monoisotopic (exact) mass is 176 g/mol. The Kier molecular flexibility index (Phi) is 2.64. The van der Waals surface area contributed by atoms with Gasteiger partial charge in [0.25, 0.3) is 0 Å². The summed E-state index contributed by atoms with van der Waals surface area (Å²) in [7, 11) is 0. The molecule has 0 N–H and O–H groups in total. The lowest BCUT2D eigenvalue weighted by Gasteiger charge is -1.99. The third-order valence-electron chi connectivity index (χ3n) is 1.53. The fraction of sp³-hybridized carbons (Fsp3) is 0.111. The summed E-state index contributed by atoms with van der Waals surface area (Å²) in [5.41, 5.74) is 0.568. The fourth-order valence-electron chi connectivity index (χ4n) is 0.836. The zero-order valence-electron chi connectivity index (χ0n) is 7.15. The predicted molar refractivity (Wildman–Crippen MR) is 46.3 cm³/mol. The molecule has 0 spiro atoms. The van der Waals surface area contributed by atoms with E-state index >= 15 is 0 Å². The van der Waals surface area contributed by atoms with Gasteiger partial charge in [-0.15, -0.1) is 0 Å². The Morgan fingerprint density at radius 2 is 2.08 bits per heavy atom. The van der Waals surface area contributed by atoms with Gasteiger partial charge in [-0.2, -0.15) is 0 Å². The quantitative estimate of drug-likeness (QED) is 0.224. The predicted octanol–water partition coefficient (Wildman–Crippen LogP) is 0.723. The molecule has 0 atom stereocenters. The molecule has 4 nitrogen and oxygen atoms in total. The molecule has 0 fully saturated rings. The molecule has 0 unspecified atom stereocenters. The second kappa shape index (κ2) is 3.71. The number of carbonyl (C=O) groups is 2. The van der Waals surface area contributed by atoms with E-state index in [0.29, 0.717) is 12.0 Å². The number of ketones is 1. The minimum absolute atomic E-state index is 0.108. The Balaban J connectivity index is 3.09. The van der Waals surface area contributed by atoms with E-state index < -0.39 is 5.78 Å². The summed E-state index contributed by atoms with van der Waals surface area (Å²) in [5.74, 6) is -0.472. The van der Waals surface area contributed by atoms with Gasteiger partial charge in [-0.05, 0) is 6.92 Å². The number of nitrogens with zero attached hydrogens (tertiary/aromatic N) is 2. The second-order valence-corrected chi connectivity index (χ2v) is 2.46. The van der Waals surface area contributed by atoms with Gasteiger partial charge in [-0.25, -0.2) is 4.98 Å². The summed E-state index contributed by atoms with van der Waals surface area (Å²) in [4.78, 5) is 29.3. The highest BCUT2D eigenvalue weighted by molar-refractivity contribution is 6.19. The molecule has 1 rings (SSSR count). The Morgan fingerprint density at radius 3 is 2.62 bits per heavy atom. The molecule has 0 aliphatic heterocycles. The van der Waals surface area contributed by atoms with E-state index in [4.69, 9.17) is 0 Å². The molecule has 1 aromatic rings. The summed E-state index contributed by atoms with van der Waals surface area (Å²) < 4.78 is 0. The van der Waals surface area contributed by atoms with Crippen molar-refractivity contribution in [1.29, 1.82) is 0 Å². The maximum atomic E-state index is 11.4. The van der Waals surface area contributed by atoms with Gasteiger partial charge in [-0.3, -0.25) is 14.6 Å². The Labute approximate surface area is 75.3 Å². The smallest absolute Gasteiger partial charge is 0.215 e. The van der Waals surface area contributed by atoms with E-state index in [1.54, 1.807) is 6.92 Å². The van der Waals surface area contributed by atoms with Crippen molar-refractivity contribution in [2.45, 2.75) is 6.92 Å². The normalized spacial score (nSPS) is 9.31. The molecule has 0 bridgehead atoms. The molecule has 0 aliphatic carbocycles. The summed E-state index contributed by atoms with van der Waals surface area (Å²) >= 11 is 0. The zero-order valence-corrected chi connectivity index (χ0v) is 7.15. The van der Waals surface area contributed by atoms with Gasteiger partial charge in [0.05, 0.1) is 11.3 Å². The average molecular weight is 176 g/mol. The van der Waals surface area contributed by atoms with Gasteiger partial charge in [-0.1, -0.05) is 6.58 Å². The molecule has 0 aliphatic rings. The highest BCUT2D eigenvalue weighted by Gasteiger charge is 2.13. The first-order chi connectivity index (χ1) is 6.16. The lowest BCUT2D eigenvalue weighted by Crippen LogP contribution is -2.08. The average Bonchev–Trinajstić information content (AvgIpc) is 2.16. The standard InChI is InChI=1S/C9H8N2O2/c1-6(5-12)9(13)8-7(2)10-3-4-11-8/h3-5H,1H2,2H3. The number of carbonyl (C=O) groups excluding carboxylic acids is 2. The Morgan fingerprint density at radius 1 is 1.46 bits per heavy atom. The molecule has 0 saturated carbocycles. The zero-order chi connectivity index (χ0) is 9.84. The molecule has 66 valence electrons. The van der Waals surface area contributed by atoms with Crippen molar-refractivity contribution >= 4 is 12.1 Å². The molecule has 0 aromatic carbocycles. The number of allylic oxidation sites excluding steroid dienone is 1. The van der Waals surface area contributed by atoms with Crippen LogP contribution in [0, 0.1) is 6.92 Å². The van der Waals surface area contributed by atoms with Crippen LogP contribution in [-0.2, 0) is 4.79 Å². The van der Waals surface area contributed by atoms with Gasteiger partial charge in [0.2, 0.25) is 5.78 Å². The number of aldehydes is 1. The van der Waals surface area contributed by atoms with Crippen molar-refractivity contribution in [3.63, 3.8) is 0 Å². The van der Waals surface area contributed by atoms with E-state index in [1.807, 2.05) is 0 Å². The third kappa shape index (κ3) is 1.84. The lowest BCUT2D eigenvalue weighted by molar-refractivity contribution is -0.104. The van der Waals surface area contributed by atoms with Crippen LogP contribution in [0.4, 0.5) is 0 Å². The first-order valence-corrected chi connectivity index (χ1v) is 3.63. The molecular weight excluding hydrogens is 168 g/mol. The van der Waals surface area contributed by atoms with Crippen LogP contribution in [0.25, 0.3) is 0 Å².